The van der Waals surface area contributed by atoms with Gasteiger partial charge in [-0.05, 0) is 124 Å². The quantitative estimate of drug-likeness (QED) is 0.128. The summed E-state index contributed by atoms with van der Waals surface area (Å²) < 4.78 is 5.89. The van der Waals surface area contributed by atoms with Gasteiger partial charge in [-0.2, -0.15) is 0 Å². The van der Waals surface area contributed by atoms with Crippen LogP contribution in [0, 0.1) is 0 Å². The second-order valence-electron chi connectivity index (χ2n) is 17.0. The Labute approximate surface area is 360 Å². The maximum absolute atomic E-state index is 3.70. The number of unbranched alkanes of at least 4 members (excludes halogenated alkanes) is 3. The number of para-hydroxylation sites is 3. The molecule has 1 atom stereocenters. The van der Waals surface area contributed by atoms with Gasteiger partial charge >= 0.3 is 0 Å². The molecule has 0 amide bonds. The van der Waals surface area contributed by atoms with Gasteiger partial charge in [-0.25, -0.2) is 0 Å². The summed E-state index contributed by atoms with van der Waals surface area (Å²) >= 11 is 3.70. The minimum atomic E-state index is -0.0248. The largest absolute Gasteiger partial charge is 0.309 e. The average molecular weight is 840 g/mol. The number of hydrogen-bond donors (Lipinski definition) is 0. The van der Waals surface area contributed by atoms with E-state index in [-0.39, 0.29) is 5.41 Å². The number of fused-ring (bicyclic) bond motifs is 8. The van der Waals surface area contributed by atoms with Crippen molar-refractivity contribution >= 4 is 70.7 Å². The Bertz CT molecular complexity index is 3170. The molecule has 0 radical (unpaired) electrons. The van der Waals surface area contributed by atoms with Crippen LogP contribution in [0.2, 0.25) is 0 Å². The molecule has 1 unspecified atom stereocenters. The molecule has 60 heavy (non-hydrogen) atoms. The third-order valence-electron chi connectivity index (χ3n) is 13.5. The van der Waals surface area contributed by atoms with Gasteiger partial charge in [-0.15, -0.1) is 0 Å². The lowest BCUT2D eigenvalue weighted by atomic mass is 9.73. The molecule has 0 saturated heterocycles. The molecule has 11 rings (SSSR count). The van der Waals surface area contributed by atoms with Crippen LogP contribution in [0.5, 0.6) is 0 Å². The van der Waals surface area contributed by atoms with Crippen molar-refractivity contribution in [3.8, 4) is 22.5 Å². The normalized spacial score (nSPS) is 16.2. The molecule has 2 aliphatic rings. The molecule has 0 saturated carbocycles. The maximum Gasteiger partial charge on any atom is 0.0541 e. The molecule has 0 fully saturated rings. The van der Waals surface area contributed by atoms with E-state index in [2.05, 4.69) is 215 Å². The standard InChI is InChI=1S/C57H47BrN2/c1-3-4-5-12-35-57(2)51-33-25-39(38-19-27-44(28-20-38)60-55-18-11-8-15-49(55)50-37-42(58)26-34-56(50)60)23-31-45(51)46-32-24-41(36-52(46)57)40-21-29-43(30-22-40)59-53-16-9-6-13-47(53)48-14-7-10-17-54(48)59/h6-11,13-32,34,36-37H,3-5,12,33,35H2,1-2H3. The van der Waals surface area contributed by atoms with Crippen molar-refractivity contribution in [1.29, 1.82) is 0 Å². The van der Waals surface area contributed by atoms with Gasteiger partial charge in [0.05, 0.1) is 22.1 Å². The molecule has 7 aromatic carbocycles. The molecule has 0 bridgehead atoms. The second-order valence-corrected chi connectivity index (χ2v) is 17.9. The zero-order valence-corrected chi connectivity index (χ0v) is 35.8. The van der Waals surface area contributed by atoms with Crippen LogP contribution >= 0.6 is 15.9 Å². The van der Waals surface area contributed by atoms with E-state index in [0.29, 0.717) is 0 Å². The van der Waals surface area contributed by atoms with Crippen molar-refractivity contribution in [2.45, 2.75) is 57.8 Å². The molecule has 0 spiro atoms. The van der Waals surface area contributed by atoms with Crippen LogP contribution in [0.3, 0.4) is 0 Å². The van der Waals surface area contributed by atoms with Crippen molar-refractivity contribution in [3.05, 3.63) is 203 Å². The van der Waals surface area contributed by atoms with Crippen LogP contribution in [0.4, 0.5) is 0 Å². The summed E-state index contributed by atoms with van der Waals surface area (Å²) in [5, 5.41) is 5.11. The van der Waals surface area contributed by atoms with Crippen molar-refractivity contribution in [2.24, 2.45) is 0 Å². The van der Waals surface area contributed by atoms with Crippen LogP contribution in [0.25, 0.3) is 77.3 Å². The van der Waals surface area contributed by atoms with Gasteiger partial charge in [0.15, 0.2) is 0 Å². The van der Waals surface area contributed by atoms with Gasteiger partial charge in [0.25, 0.3) is 0 Å². The molecule has 9 aromatic rings. The van der Waals surface area contributed by atoms with Gasteiger partial charge in [0.2, 0.25) is 0 Å². The Hall–Kier alpha value is -6.16. The fourth-order valence-electron chi connectivity index (χ4n) is 10.5. The van der Waals surface area contributed by atoms with E-state index < -0.39 is 0 Å². The van der Waals surface area contributed by atoms with Crippen LogP contribution < -0.4 is 0 Å². The van der Waals surface area contributed by atoms with Gasteiger partial charge in [-0.1, -0.05) is 165 Å². The van der Waals surface area contributed by atoms with E-state index in [9.17, 15) is 0 Å². The molecule has 0 aliphatic heterocycles. The molecule has 2 aromatic heterocycles. The van der Waals surface area contributed by atoms with Crippen molar-refractivity contribution < 1.29 is 0 Å². The minimum absolute atomic E-state index is 0.0248. The number of rotatable bonds is 9. The van der Waals surface area contributed by atoms with Crippen molar-refractivity contribution in [1.82, 2.24) is 9.13 Å². The third kappa shape index (κ3) is 5.97. The van der Waals surface area contributed by atoms with E-state index in [4.69, 9.17) is 0 Å². The lowest BCUT2D eigenvalue weighted by Gasteiger charge is -2.30. The van der Waals surface area contributed by atoms with E-state index in [1.54, 1.807) is 5.57 Å². The molecular weight excluding hydrogens is 793 g/mol. The number of aromatic nitrogens is 2. The van der Waals surface area contributed by atoms with E-state index in [1.165, 1.54) is 120 Å². The van der Waals surface area contributed by atoms with E-state index in [1.807, 2.05) is 0 Å². The highest BCUT2D eigenvalue weighted by Crippen LogP contribution is 2.53. The first-order chi connectivity index (χ1) is 29.5. The Balaban J connectivity index is 0.916. The van der Waals surface area contributed by atoms with Crippen molar-refractivity contribution in [2.75, 3.05) is 0 Å². The van der Waals surface area contributed by atoms with Crippen LogP contribution in [-0.2, 0) is 5.41 Å². The first kappa shape index (κ1) is 36.9. The smallest absolute Gasteiger partial charge is 0.0541 e. The van der Waals surface area contributed by atoms with Gasteiger partial charge < -0.3 is 9.13 Å². The summed E-state index contributed by atoms with van der Waals surface area (Å²) in [5.74, 6) is 0. The second kappa shape index (κ2) is 14.8. The van der Waals surface area contributed by atoms with Crippen LogP contribution in [0.1, 0.15) is 69.1 Å². The minimum Gasteiger partial charge on any atom is -0.309 e. The SMILES string of the molecule is CCCCCCC1(C)C2=C(C=CC(c3ccc(-n4c5ccccc5c5cc(Br)ccc54)cc3)=CC2)c2ccc(-c3ccc(-n4c5ccccc5c5ccccc54)cc3)cc21. The lowest BCUT2D eigenvalue weighted by molar-refractivity contribution is 0.471. The monoisotopic (exact) mass is 838 g/mol. The molecule has 2 heterocycles. The summed E-state index contributed by atoms with van der Waals surface area (Å²) in [6.45, 7) is 4.84. The highest BCUT2D eigenvalue weighted by molar-refractivity contribution is 9.10. The Kier molecular flexibility index (Phi) is 9.12. The summed E-state index contributed by atoms with van der Waals surface area (Å²) in [7, 11) is 0. The Morgan fingerprint density at radius 3 is 1.73 bits per heavy atom. The van der Waals surface area contributed by atoms with Crippen LogP contribution in [0.15, 0.2) is 186 Å². The topological polar surface area (TPSA) is 9.86 Å². The highest BCUT2D eigenvalue weighted by atomic mass is 79.9. The number of benzene rings is 7. The Morgan fingerprint density at radius 1 is 0.533 bits per heavy atom. The summed E-state index contributed by atoms with van der Waals surface area (Å²) in [5.41, 5.74) is 18.2. The zero-order valence-electron chi connectivity index (χ0n) is 34.3. The fraction of sp³-hybridized carbons (Fsp3) is 0.158. The third-order valence-corrected chi connectivity index (χ3v) is 14.0. The summed E-state index contributed by atoms with van der Waals surface area (Å²) in [6.07, 6.45) is 14.4. The molecule has 2 nitrogen and oxygen atoms in total. The molecule has 2 aliphatic carbocycles. The first-order valence-corrected chi connectivity index (χ1v) is 22.4. The molecule has 0 N–H and O–H groups in total. The maximum atomic E-state index is 3.70. The summed E-state index contributed by atoms with van der Waals surface area (Å²) in [6, 6.07) is 58.5. The van der Waals surface area contributed by atoms with E-state index in [0.717, 1.165) is 17.3 Å². The highest BCUT2D eigenvalue weighted by Gasteiger charge is 2.40. The molecule has 3 heteroatoms. The number of nitrogens with zero attached hydrogens (tertiary/aromatic N) is 2. The predicted molar refractivity (Wildman–Crippen MR) is 259 cm³/mol. The van der Waals surface area contributed by atoms with Gasteiger partial charge in [0.1, 0.15) is 0 Å². The van der Waals surface area contributed by atoms with Gasteiger partial charge in [-0.3, -0.25) is 0 Å². The Morgan fingerprint density at radius 2 is 1.10 bits per heavy atom. The number of halogens is 1. The van der Waals surface area contributed by atoms with E-state index >= 15 is 0 Å². The predicted octanol–water partition coefficient (Wildman–Crippen LogP) is 16.3. The van der Waals surface area contributed by atoms with Crippen molar-refractivity contribution in [3.63, 3.8) is 0 Å². The fourth-order valence-corrected chi connectivity index (χ4v) is 10.8. The van der Waals surface area contributed by atoms with Crippen LogP contribution in [-0.4, -0.2) is 9.13 Å². The molecular formula is C57H47BrN2. The molecule has 292 valence electrons. The number of hydrogen-bond acceptors (Lipinski definition) is 0. The first-order valence-electron chi connectivity index (χ1n) is 21.7. The number of allylic oxidation sites excluding steroid dienone is 6. The van der Waals surface area contributed by atoms with Gasteiger partial charge in [0, 0.05) is 42.8 Å². The average Bonchev–Trinajstić information content (AvgIpc) is 3.79. The lowest BCUT2D eigenvalue weighted by Crippen LogP contribution is -2.22. The summed E-state index contributed by atoms with van der Waals surface area (Å²) in [4.78, 5) is 0. The zero-order chi connectivity index (χ0) is 40.4.